The van der Waals surface area contributed by atoms with E-state index in [4.69, 9.17) is 0 Å². The number of thioether (sulfide) groups is 1. The summed E-state index contributed by atoms with van der Waals surface area (Å²) in [4.78, 5) is 0. The van der Waals surface area contributed by atoms with Gasteiger partial charge in [-0.1, -0.05) is 39.0 Å². The summed E-state index contributed by atoms with van der Waals surface area (Å²) in [5.41, 5.74) is 1.76. The Kier molecular flexibility index (Phi) is 4.32. The SMILES string of the molecule is BrCCCSc1nncs1. The molecule has 56 valence electrons. The first kappa shape index (κ1) is 8.49. The van der Waals surface area contributed by atoms with Crippen LogP contribution in [-0.4, -0.2) is 21.3 Å². The molecule has 0 spiro atoms. The highest BCUT2D eigenvalue weighted by atomic mass is 79.9. The minimum Gasteiger partial charge on any atom is -0.146 e. The molecule has 1 rings (SSSR count). The van der Waals surface area contributed by atoms with Crippen molar-refractivity contribution in [1.29, 1.82) is 0 Å². The second-order valence-corrected chi connectivity index (χ2v) is 4.56. The molecule has 5 heteroatoms. The second kappa shape index (κ2) is 5.09. The summed E-state index contributed by atoms with van der Waals surface area (Å²) in [5.74, 6) is 1.13. The van der Waals surface area contributed by atoms with Crippen molar-refractivity contribution >= 4 is 39.0 Å². The number of aromatic nitrogens is 2. The van der Waals surface area contributed by atoms with Gasteiger partial charge >= 0.3 is 0 Å². The third kappa shape index (κ3) is 2.98. The van der Waals surface area contributed by atoms with Gasteiger partial charge < -0.3 is 0 Å². The summed E-state index contributed by atoms with van der Waals surface area (Å²) in [6.45, 7) is 0. The molecule has 0 fully saturated rings. The van der Waals surface area contributed by atoms with E-state index in [0.717, 1.165) is 15.4 Å². The van der Waals surface area contributed by atoms with Gasteiger partial charge in [0.15, 0.2) is 4.34 Å². The number of hydrogen-bond donors (Lipinski definition) is 0. The maximum absolute atomic E-state index is 3.90. The van der Waals surface area contributed by atoms with E-state index in [-0.39, 0.29) is 0 Å². The highest BCUT2D eigenvalue weighted by Gasteiger charge is 1.94. The monoisotopic (exact) mass is 238 g/mol. The van der Waals surface area contributed by atoms with Crippen LogP contribution in [0.25, 0.3) is 0 Å². The minimum absolute atomic E-state index is 1.07. The quantitative estimate of drug-likeness (QED) is 0.458. The summed E-state index contributed by atoms with van der Waals surface area (Å²) in [6, 6.07) is 0. The Morgan fingerprint density at radius 1 is 1.70 bits per heavy atom. The Hall–Kier alpha value is 0.390. The predicted molar refractivity (Wildman–Crippen MR) is 49.0 cm³/mol. The van der Waals surface area contributed by atoms with E-state index >= 15 is 0 Å². The summed E-state index contributed by atoms with van der Waals surface area (Å²) >= 11 is 6.73. The van der Waals surface area contributed by atoms with Crippen LogP contribution < -0.4 is 0 Å². The van der Waals surface area contributed by atoms with Crippen molar-refractivity contribution < 1.29 is 0 Å². The fourth-order valence-corrected chi connectivity index (χ4v) is 2.59. The number of halogens is 1. The number of nitrogens with zero attached hydrogens (tertiary/aromatic N) is 2. The van der Waals surface area contributed by atoms with Crippen LogP contribution >= 0.6 is 39.0 Å². The number of rotatable bonds is 4. The van der Waals surface area contributed by atoms with Gasteiger partial charge in [0.05, 0.1) is 0 Å². The summed E-state index contributed by atoms with van der Waals surface area (Å²) < 4.78 is 1.07. The van der Waals surface area contributed by atoms with Gasteiger partial charge in [-0.2, -0.15) is 0 Å². The summed E-state index contributed by atoms with van der Waals surface area (Å²) in [7, 11) is 0. The zero-order chi connectivity index (χ0) is 7.23. The van der Waals surface area contributed by atoms with Crippen LogP contribution in [0.4, 0.5) is 0 Å². The van der Waals surface area contributed by atoms with Crippen LogP contribution in [0.1, 0.15) is 6.42 Å². The van der Waals surface area contributed by atoms with Crippen molar-refractivity contribution in [3.8, 4) is 0 Å². The molecule has 1 aromatic heterocycles. The van der Waals surface area contributed by atoms with Crippen molar-refractivity contribution in [3.63, 3.8) is 0 Å². The highest BCUT2D eigenvalue weighted by Crippen LogP contribution is 2.19. The second-order valence-electron chi connectivity index (χ2n) is 1.60. The molecule has 0 radical (unpaired) electrons. The maximum atomic E-state index is 3.90. The molecule has 0 saturated carbocycles. The molecular weight excluding hydrogens is 232 g/mol. The molecule has 0 bridgehead atoms. The zero-order valence-electron chi connectivity index (χ0n) is 5.29. The van der Waals surface area contributed by atoms with E-state index in [1.54, 1.807) is 28.6 Å². The summed E-state index contributed by atoms with van der Waals surface area (Å²) in [6.07, 6.45) is 1.18. The molecule has 2 nitrogen and oxygen atoms in total. The van der Waals surface area contributed by atoms with Crippen LogP contribution in [-0.2, 0) is 0 Å². The molecular formula is C5H7BrN2S2. The van der Waals surface area contributed by atoms with Gasteiger partial charge in [-0.3, -0.25) is 0 Å². The van der Waals surface area contributed by atoms with Gasteiger partial charge in [0.1, 0.15) is 5.51 Å². The average Bonchev–Trinajstić information content (AvgIpc) is 2.41. The lowest BCUT2D eigenvalue weighted by Crippen LogP contribution is -1.79. The lowest BCUT2D eigenvalue weighted by molar-refractivity contribution is 1.01. The van der Waals surface area contributed by atoms with E-state index < -0.39 is 0 Å². The van der Waals surface area contributed by atoms with Gasteiger partial charge in [0, 0.05) is 11.1 Å². The molecule has 0 aliphatic rings. The van der Waals surface area contributed by atoms with Crippen LogP contribution in [0.2, 0.25) is 0 Å². The smallest absolute Gasteiger partial charge is 0.146 e. The molecule has 0 aromatic carbocycles. The Balaban J connectivity index is 2.15. The Morgan fingerprint density at radius 2 is 2.60 bits per heavy atom. The molecule has 1 aromatic rings. The normalized spacial score (nSPS) is 10.1. The largest absolute Gasteiger partial charge is 0.174 e. The Labute approximate surface area is 76.6 Å². The number of hydrogen-bond acceptors (Lipinski definition) is 4. The predicted octanol–water partition coefficient (Wildman–Crippen LogP) is 2.42. The van der Waals surface area contributed by atoms with Crippen LogP contribution in [0.5, 0.6) is 0 Å². The molecule has 0 atom stereocenters. The fraction of sp³-hybridized carbons (Fsp3) is 0.600. The lowest BCUT2D eigenvalue weighted by atomic mass is 10.6. The number of alkyl halides is 1. The first-order valence-corrected chi connectivity index (χ1v) is 5.87. The third-order valence-corrected chi connectivity index (χ3v) is 3.35. The Morgan fingerprint density at radius 3 is 3.20 bits per heavy atom. The zero-order valence-corrected chi connectivity index (χ0v) is 8.51. The van der Waals surface area contributed by atoms with E-state index in [1.165, 1.54) is 6.42 Å². The van der Waals surface area contributed by atoms with Gasteiger partial charge in [0.2, 0.25) is 0 Å². The van der Waals surface area contributed by atoms with Gasteiger partial charge in [0.25, 0.3) is 0 Å². The van der Waals surface area contributed by atoms with Crippen LogP contribution in [0, 0.1) is 0 Å². The topological polar surface area (TPSA) is 25.8 Å². The lowest BCUT2D eigenvalue weighted by Gasteiger charge is -1.90. The van der Waals surface area contributed by atoms with Gasteiger partial charge in [-0.15, -0.1) is 10.2 Å². The van der Waals surface area contributed by atoms with Crippen LogP contribution in [0.3, 0.4) is 0 Å². The molecule has 0 amide bonds. The van der Waals surface area contributed by atoms with E-state index in [9.17, 15) is 0 Å². The van der Waals surface area contributed by atoms with Crippen molar-refractivity contribution in [2.24, 2.45) is 0 Å². The maximum Gasteiger partial charge on any atom is 0.174 e. The molecule has 0 aliphatic carbocycles. The first-order valence-electron chi connectivity index (χ1n) is 2.88. The van der Waals surface area contributed by atoms with E-state index in [2.05, 4.69) is 26.1 Å². The van der Waals surface area contributed by atoms with Crippen molar-refractivity contribution in [2.45, 2.75) is 10.8 Å². The van der Waals surface area contributed by atoms with Gasteiger partial charge in [-0.05, 0) is 6.42 Å². The van der Waals surface area contributed by atoms with E-state index in [1.807, 2.05) is 0 Å². The fourth-order valence-electron chi connectivity index (χ4n) is 0.440. The standard InChI is InChI=1S/C5H7BrN2S2/c6-2-1-3-9-5-8-7-4-10-5/h4H,1-3H2. The molecule has 0 unspecified atom stereocenters. The van der Waals surface area contributed by atoms with Crippen molar-refractivity contribution in [3.05, 3.63) is 5.51 Å². The highest BCUT2D eigenvalue weighted by molar-refractivity contribution is 9.09. The molecule has 0 aliphatic heterocycles. The average molecular weight is 239 g/mol. The Bertz CT molecular complexity index is 166. The minimum atomic E-state index is 1.07. The first-order chi connectivity index (χ1) is 4.93. The summed E-state index contributed by atoms with van der Waals surface area (Å²) in [5, 5.41) is 8.71. The third-order valence-electron chi connectivity index (χ3n) is 0.844. The molecule has 10 heavy (non-hydrogen) atoms. The molecule has 0 saturated heterocycles. The molecule has 1 heterocycles. The van der Waals surface area contributed by atoms with Crippen molar-refractivity contribution in [1.82, 2.24) is 10.2 Å². The van der Waals surface area contributed by atoms with Crippen molar-refractivity contribution in [2.75, 3.05) is 11.1 Å². The molecule has 0 N–H and O–H groups in total. The van der Waals surface area contributed by atoms with Crippen LogP contribution in [0.15, 0.2) is 9.85 Å². The van der Waals surface area contributed by atoms with E-state index in [0.29, 0.717) is 0 Å². The van der Waals surface area contributed by atoms with Gasteiger partial charge in [-0.25, -0.2) is 0 Å².